The van der Waals surface area contributed by atoms with Crippen molar-refractivity contribution in [2.24, 2.45) is 0 Å². The van der Waals surface area contributed by atoms with E-state index in [0.717, 1.165) is 31.0 Å². The van der Waals surface area contributed by atoms with Crippen LogP contribution in [0.4, 0.5) is 13.2 Å². The van der Waals surface area contributed by atoms with E-state index < -0.39 is 12.3 Å². The van der Waals surface area contributed by atoms with E-state index in [0.29, 0.717) is 0 Å². The fourth-order valence-electron chi connectivity index (χ4n) is 1.73. The third-order valence-electron chi connectivity index (χ3n) is 3.09. The lowest BCUT2D eigenvalue weighted by molar-refractivity contribution is -0.215. The fourth-order valence-corrected chi connectivity index (χ4v) is 1.73. The van der Waals surface area contributed by atoms with Crippen LogP contribution in [0, 0.1) is 6.92 Å². The molecule has 0 bridgehead atoms. The van der Waals surface area contributed by atoms with Crippen LogP contribution >= 0.6 is 0 Å². The Morgan fingerprint density at radius 1 is 1.20 bits per heavy atom. The van der Waals surface area contributed by atoms with Crippen molar-refractivity contribution in [3.05, 3.63) is 35.4 Å². The lowest BCUT2D eigenvalue weighted by Gasteiger charge is -2.23. The molecule has 1 rings (SSSR count). The molecule has 0 aliphatic rings. The number of hydrogen-bond donors (Lipinski definition) is 1. The van der Waals surface area contributed by atoms with Crippen LogP contribution in [0.15, 0.2) is 24.3 Å². The van der Waals surface area contributed by atoms with E-state index in [2.05, 4.69) is 5.32 Å². The first-order valence-electron chi connectivity index (χ1n) is 6.82. The third kappa shape index (κ3) is 5.51. The Hall–Kier alpha value is -1.07. The summed E-state index contributed by atoms with van der Waals surface area (Å²) >= 11 is 0. The second kappa shape index (κ2) is 7.64. The number of ether oxygens (including phenoxy) is 1. The summed E-state index contributed by atoms with van der Waals surface area (Å²) in [5.41, 5.74) is 2.06. The van der Waals surface area contributed by atoms with Gasteiger partial charge in [0.2, 0.25) is 0 Å². The van der Waals surface area contributed by atoms with Crippen molar-refractivity contribution in [1.82, 2.24) is 5.32 Å². The van der Waals surface area contributed by atoms with Crippen LogP contribution in [0.5, 0.6) is 0 Å². The zero-order chi connectivity index (χ0) is 15.2. The Balaban J connectivity index is 2.67. The molecular formula is C15H22F3NO. The molecule has 0 aromatic heterocycles. The Bertz CT molecular complexity index is 389. The molecule has 0 saturated heterocycles. The highest BCUT2D eigenvalue weighted by molar-refractivity contribution is 5.24. The minimum absolute atomic E-state index is 0.00371. The summed E-state index contributed by atoms with van der Waals surface area (Å²) in [4.78, 5) is 0. The van der Waals surface area contributed by atoms with Gasteiger partial charge in [0.1, 0.15) is 0 Å². The first kappa shape index (κ1) is 17.0. The molecule has 0 radical (unpaired) electrons. The van der Waals surface area contributed by atoms with Gasteiger partial charge in [-0.2, -0.15) is 13.2 Å². The number of halogens is 3. The molecule has 0 spiro atoms. The number of hydrogen-bond acceptors (Lipinski definition) is 2. The summed E-state index contributed by atoms with van der Waals surface area (Å²) in [7, 11) is 0. The molecule has 0 amide bonds. The number of benzene rings is 1. The van der Waals surface area contributed by atoms with Crippen LogP contribution in [-0.2, 0) is 4.74 Å². The van der Waals surface area contributed by atoms with Crippen LogP contribution in [0.25, 0.3) is 0 Å². The number of alkyl halides is 3. The highest BCUT2D eigenvalue weighted by atomic mass is 19.4. The van der Waals surface area contributed by atoms with Crippen molar-refractivity contribution in [2.75, 3.05) is 13.2 Å². The second-order valence-electron chi connectivity index (χ2n) is 4.93. The van der Waals surface area contributed by atoms with Crippen molar-refractivity contribution in [3.63, 3.8) is 0 Å². The van der Waals surface area contributed by atoms with Gasteiger partial charge in [0.05, 0.1) is 12.6 Å². The zero-order valence-corrected chi connectivity index (χ0v) is 12.1. The number of rotatable bonds is 7. The largest absolute Gasteiger partial charge is 0.414 e. The minimum Gasteiger partial charge on any atom is -0.367 e. The van der Waals surface area contributed by atoms with E-state index >= 15 is 0 Å². The Kier molecular flexibility index (Phi) is 6.49. The lowest BCUT2D eigenvalue weighted by atomic mass is 10.1. The van der Waals surface area contributed by atoms with Gasteiger partial charge in [0, 0.05) is 0 Å². The molecular weight excluding hydrogens is 267 g/mol. The maximum atomic E-state index is 12.5. The molecule has 20 heavy (non-hydrogen) atoms. The Labute approximate surface area is 118 Å². The average Bonchev–Trinajstić information content (AvgIpc) is 2.39. The SMILES string of the molecule is CCCNC(COC(C)C(F)(F)F)c1ccc(C)cc1. The summed E-state index contributed by atoms with van der Waals surface area (Å²) in [6.45, 7) is 5.76. The predicted octanol–water partition coefficient (Wildman–Crippen LogP) is 4.00. The van der Waals surface area contributed by atoms with E-state index in [1.807, 2.05) is 38.1 Å². The molecule has 2 nitrogen and oxygen atoms in total. The van der Waals surface area contributed by atoms with Gasteiger partial charge >= 0.3 is 6.18 Å². The molecule has 0 fully saturated rings. The van der Waals surface area contributed by atoms with E-state index in [4.69, 9.17) is 4.74 Å². The van der Waals surface area contributed by atoms with Crippen molar-refractivity contribution < 1.29 is 17.9 Å². The van der Waals surface area contributed by atoms with Gasteiger partial charge in [-0.25, -0.2) is 0 Å². The van der Waals surface area contributed by atoms with Gasteiger partial charge < -0.3 is 10.1 Å². The first-order valence-corrected chi connectivity index (χ1v) is 6.82. The summed E-state index contributed by atoms with van der Waals surface area (Å²) in [5.74, 6) is 0. The van der Waals surface area contributed by atoms with Crippen LogP contribution < -0.4 is 5.32 Å². The maximum Gasteiger partial charge on any atom is 0.414 e. The lowest BCUT2D eigenvalue weighted by Crippen LogP contribution is -2.33. The molecule has 0 saturated carbocycles. The third-order valence-corrected chi connectivity index (χ3v) is 3.09. The summed E-state index contributed by atoms with van der Waals surface area (Å²) < 4.78 is 42.3. The monoisotopic (exact) mass is 289 g/mol. The predicted molar refractivity (Wildman–Crippen MR) is 73.7 cm³/mol. The quantitative estimate of drug-likeness (QED) is 0.819. The summed E-state index contributed by atoms with van der Waals surface area (Å²) in [5, 5.41) is 3.22. The van der Waals surface area contributed by atoms with E-state index in [1.54, 1.807) is 0 Å². The summed E-state index contributed by atoms with van der Waals surface area (Å²) in [6, 6.07) is 7.52. The first-order chi connectivity index (χ1) is 9.34. The van der Waals surface area contributed by atoms with Crippen LogP contribution in [0.1, 0.15) is 37.4 Å². The van der Waals surface area contributed by atoms with Crippen LogP contribution in [0.3, 0.4) is 0 Å². The number of aryl methyl sites for hydroxylation is 1. The molecule has 0 heterocycles. The highest BCUT2D eigenvalue weighted by Crippen LogP contribution is 2.24. The van der Waals surface area contributed by atoms with Gasteiger partial charge in [-0.15, -0.1) is 0 Å². The van der Waals surface area contributed by atoms with Crippen molar-refractivity contribution >= 4 is 0 Å². The van der Waals surface area contributed by atoms with Crippen molar-refractivity contribution in [3.8, 4) is 0 Å². The maximum absolute atomic E-state index is 12.5. The van der Waals surface area contributed by atoms with Gasteiger partial charge in [-0.3, -0.25) is 0 Å². The molecule has 2 unspecified atom stereocenters. The Morgan fingerprint density at radius 2 is 1.80 bits per heavy atom. The minimum atomic E-state index is -4.32. The van der Waals surface area contributed by atoms with Crippen molar-refractivity contribution in [2.45, 2.75) is 45.5 Å². The fraction of sp³-hybridized carbons (Fsp3) is 0.600. The molecule has 0 aliphatic carbocycles. The average molecular weight is 289 g/mol. The van der Waals surface area contributed by atoms with Gasteiger partial charge in [-0.1, -0.05) is 36.8 Å². The molecule has 1 aromatic rings. The molecule has 5 heteroatoms. The van der Waals surface area contributed by atoms with E-state index in [1.165, 1.54) is 0 Å². The summed E-state index contributed by atoms with van der Waals surface area (Å²) in [6.07, 6.45) is -5.15. The molecule has 114 valence electrons. The van der Waals surface area contributed by atoms with E-state index in [9.17, 15) is 13.2 Å². The van der Waals surface area contributed by atoms with Crippen LogP contribution in [0.2, 0.25) is 0 Å². The normalized spacial score (nSPS) is 15.1. The van der Waals surface area contributed by atoms with Gasteiger partial charge in [-0.05, 0) is 32.4 Å². The zero-order valence-electron chi connectivity index (χ0n) is 12.1. The molecule has 2 atom stereocenters. The Morgan fingerprint density at radius 3 is 2.30 bits per heavy atom. The number of nitrogens with one attached hydrogen (secondary N) is 1. The standard InChI is InChI=1S/C15H22F3NO/c1-4-9-19-14(10-20-12(3)15(16,17)18)13-7-5-11(2)6-8-13/h5-8,12,14,19H,4,9-10H2,1-3H3. The van der Waals surface area contributed by atoms with Gasteiger partial charge in [0.25, 0.3) is 0 Å². The highest BCUT2D eigenvalue weighted by Gasteiger charge is 2.37. The van der Waals surface area contributed by atoms with Gasteiger partial charge in [0.15, 0.2) is 6.10 Å². The molecule has 0 aliphatic heterocycles. The topological polar surface area (TPSA) is 21.3 Å². The van der Waals surface area contributed by atoms with Crippen LogP contribution in [-0.4, -0.2) is 25.4 Å². The van der Waals surface area contributed by atoms with E-state index in [-0.39, 0.29) is 12.6 Å². The molecule has 1 N–H and O–H groups in total. The molecule has 1 aromatic carbocycles. The van der Waals surface area contributed by atoms with Crippen molar-refractivity contribution in [1.29, 1.82) is 0 Å². The second-order valence-corrected chi connectivity index (χ2v) is 4.93. The smallest absolute Gasteiger partial charge is 0.367 e.